The van der Waals surface area contributed by atoms with Crippen molar-refractivity contribution < 1.29 is 4.79 Å². The molecule has 0 aliphatic rings. The number of allylic oxidation sites excluding steroid dienone is 1. The number of aliphatic imine (C=N–C) groups is 1. The molecule has 0 unspecified atom stereocenters. The Hall–Kier alpha value is -1.38. The molecule has 0 spiro atoms. The van der Waals surface area contributed by atoms with Gasteiger partial charge in [-0.25, -0.2) is 0 Å². The molecule has 0 aliphatic heterocycles. The minimum atomic E-state index is 0.615. The molecule has 0 radical (unpaired) electrons. The summed E-state index contributed by atoms with van der Waals surface area (Å²) >= 11 is 0. The van der Waals surface area contributed by atoms with Crippen molar-refractivity contribution in [2.45, 2.75) is 6.42 Å². The van der Waals surface area contributed by atoms with Gasteiger partial charge in [0.2, 0.25) is 6.41 Å². The first kappa shape index (κ1) is 9.62. The van der Waals surface area contributed by atoms with Gasteiger partial charge in [0.25, 0.3) is 0 Å². The Balaban J connectivity index is 3.44. The van der Waals surface area contributed by atoms with E-state index in [1.807, 2.05) is 0 Å². The van der Waals surface area contributed by atoms with Crippen molar-refractivity contribution in [3.63, 3.8) is 0 Å². The van der Waals surface area contributed by atoms with Crippen LogP contribution in [0, 0.1) is 0 Å². The third kappa shape index (κ3) is 6.51. The molecule has 1 N–H and O–H groups in total. The van der Waals surface area contributed by atoms with Crippen LogP contribution in [0.25, 0.3) is 0 Å². The van der Waals surface area contributed by atoms with Gasteiger partial charge in [-0.15, -0.1) is 0 Å². The molecule has 0 heterocycles. The number of amides is 1. The lowest BCUT2D eigenvalue weighted by atomic mass is 10.2. The summed E-state index contributed by atoms with van der Waals surface area (Å²) in [7, 11) is 0. The second-order valence-electron chi connectivity index (χ2n) is 1.98. The molecule has 11 heavy (non-hydrogen) atoms. The Bertz CT molecular complexity index is 173. The van der Waals surface area contributed by atoms with E-state index in [0.29, 0.717) is 13.0 Å². The summed E-state index contributed by atoms with van der Waals surface area (Å²) in [6.45, 7) is 7.63. The first-order valence-electron chi connectivity index (χ1n) is 3.28. The van der Waals surface area contributed by atoms with Gasteiger partial charge in [0.15, 0.2) is 0 Å². The summed E-state index contributed by atoms with van der Waals surface area (Å²) in [5.74, 6) is 0. The quantitative estimate of drug-likeness (QED) is 0.261. The maximum absolute atomic E-state index is 9.81. The van der Waals surface area contributed by atoms with Crippen LogP contribution >= 0.6 is 0 Å². The van der Waals surface area contributed by atoms with Crippen molar-refractivity contribution in [1.29, 1.82) is 0 Å². The minimum absolute atomic E-state index is 0.615. The zero-order valence-corrected chi connectivity index (χ0v) is 6.42. The lowest BCUT2D eigenvalue weighted by Gasteiger charge is -1.96. The average molecular weight is 152 g/mol. The monoisotopic (exact) mass is 152 g/mol. The molecule has 0 aliphatic carbocycles. The number of carbonyl (C=O) groups is 1. The molecule has 3 nitrogen and oxygen atoms in total. The van der Waals surface area contributed by atoms with Crippen LogP contribution in [-0.2, 0) is 4.79 Å². The second kappa shape index (κ2) is 6.74. The summed E-state index contributed by atoms with van der Waals surface area (Å²) in [6, 6.07) is 0. The largest absolute Gasteiger partial charge is 0.358 e. The number of nitrogens with one attached hydrogen (secondary N) is 1. The van der Waals surface area contributed by atoms with Gasteiger partial charge in [-0.1, -0.05) is 12.2 Å². The lowest BCUT2D eigenvalue weighted by Crippen LogP contribution is -2.11. The van der Waals surface area contributed by atoms with Gasteiger partial charge >= 0.3 is 0 Å². The number of carbonyl (C=O) groups excluding carboxylic acids is 1. The summed E-state index contributed by atoms with van der Waals surface area (Å²) < 4.78 is 0. The van der Waals surface area contributed by atoms with Crippen LogP contribution in [0.2, 0.25) is 0 Å². The second-order valence-corrected chi connectivity index (χ2v) is 1.98. The first-order chi connectivity index (χ1) is 5.31. The third-order valence-corrected chi connectivity index (χ3v) is 1.09. The molecule has 0 saturated carbocycles. The van der Waals surface area contributed by atoms with Gasteiger partial charge in [-0.3, -0.25) is 9.79 Å². The summed E-state index contributed by atoms with van der Waals surface area (Å²) in [4.78, 5) is 13.3. The van der Waals surface area contributed by atoms with Gasteiger partial charge < -0.3 is 5.32 Å². The predicted octanol–water partition coefficient (Wildman–Crippen LogP) is 0.893. The zero-order valence-electron chi connectivity index (χ0n) is 6.42. The SMILES string of the molecule is C=N/C=C\C(=C)CCNC=O. The number of hydrogen-bond acceptors (Lipinski definition) is 2. The zero-order chi connectivity index (χ0) is 8.53. The minimum Gasteiger partial charge on any atom is -0.358 e. The van der Waals surface area contributed by atoms with E-state index in [2.05, 4.69) is 23.6 Å². The fraction of sp³-hybridized carbons (Fsp3) is 0.250. The fourth-order valence-electron chi connectivity index (χ4n) is 0.533. The molecule has 60 valence electrons. The molecule has 0 bridgehead atoms. The Labute approximate surface area is 66.5 Å². The van der Waals surface area contributed by atoms with Gasteiger partial charge in [0.05, 0.1) is 0 Å². The highest BCUT2D eigenvalue weighted by Crippen LogP contribution is 1.97. The molecule has 0 aromatic rings. The van der Waals surface area contributed by atoms with Crippen LogP contribution in [0.15, 0.2) is 29.4 Å². The topological polar surface area (TPSA) is 41.5 Å². The Morgan fingerprint density at radius 2 is 2.36 bits per heavy atom. The van der Waals surface area contributed by atoms with Gasteiger partial charge in [0.1, 0.15) is 0 Å². The van der Waals surface area contributed by atoms with E-state index < -0.39 is 0 Å². The Morgan fingerprint density at radius 1 is 1.64 bits per heavy atom. The highest BCUT2D eigenvalue weighted by Gasteiger charge is 1.86. The van der Waals surface area contributed by atoms with Crippen LogP contribution < -0.4 is 5.32 Å². The molecule has 0 saturated heterocycles. The van der Waals surface area contributed by atoms with Crippen LogP contribution in [0.4, 0.5) is 0 Å². The van der Waals surface area contributed by atoms with Crippen LogP contribution in [0.3, 0.4) is 0 Å². The Morgan fingerprint density at radius 3 is 2.91 bits per heavy atom. The molecular formula is C8H12N2O. The van der Waals surface area contributed by atoms with Crippen molar-refractivity contribution in [2.75, 3.05) is 6.54 Å². The van der Waals surface area contributed by atoms with E-state index in [4.69, 9.17) is 0 Å². The summed E-state index contributed by atoms with van der Waals surface area (Å²) in [5.41, 5.74) is 0.923. The standard InChI is InChI=1S/C8H12N2O/c1-8(3-5-9-2)4-6-10-7-11/h3,5,7H,1-2,4,6H2,(H,10,11)/b5-3-. The maximum atomic E-state index is 9.81. The maximum Gasteiger partial charge on any atom is 0.207 e. The molecule has 0 aromatic carbocycles. The molecule has 1 amide bonds. The van der Waals surface area contributed by atoms with Crippen LogP contribution in [0.1, 0.15) is 6.42 Å². The predicted molar refractivity (Wildman–Crippen MR) is 46.5 cm³/mol. The van der Waals surface area contributed by atoms with E-state index in [1.165, 1.54) is 0 Å². The van der Waals surface area contributed by atoms with Crippen LogP contribution in [0.5, 0.6) is 0 Å². The number of nitrogens with zero attached hydrogens (tertiary/aromatic N) is 1. The number of rotatable bonds is 6. The van der Waals surface area contributed by atoms with Crippen molar-refractivity contribution in [2.24, 2.45) is 4.99 Å². The van der Waals surface area contributed by atoms with Crippen molar-refractivity contribution >= 4 is 13.1 Å². The van der Waals surface area contributed by atoms with Crippen molar-refractivity contribution in [3.05, 3.63) is 24.4 Å². The Kier molecular flexibility index (Phi) is 5.89. The van der Waals surface area contributed by atoms with Gasteiger partial charge in [-0.2, -0.15) is 0 Å². The smallest absolute Gasteiger partial charge is 0.207 e. The van der Waals surface area contributed by atoms with E-state index in [-0.39, 0.29) is 0 Å². The molecule has 0 atom stereocenters. The van der Waals surface area contributed by atoms with E-state index in [0.717, 1.165) is 12.0 Å². The fourth-order valence-corrected chi connectivity index (χ4v) is 0.533. The highest BCUT2D eigenvalue weighted by atomic mass is 16.1. The van der Waals surface area contributed by atoms with Crippen molar-refractivity contribution in [1.82, 2.24) is 5.32 Å². The highest BCUT2D eigenvalue weighted by molar-refractivity contribution is 5.45. The van der Waals surface area contributed by atoms with E-state index >= 15 is 0 Å². The first-order valence-corrected chi connectivity index (χ1v) is 3.28. The molecule has 0 fully saturated rings. The molecule has 0 aromatic heterocycles. The summed E-state index contributed by atoms with van der Waals surface area (Å²) in [6.07, 6.45) is 4.75. The normalized spacial score (nSPS) is 9.45. The third-order valence-electron chi connectivity index (χ3n) is 1.09. The lowest BCUT2D eigenvalue weighted by molar-refractivity contribution is -0.109. The number of hydrogen-bond donors (Lipinski definition) is 1. The molecule has 3 heteroatoms. The average Bonchev–Trinajstić information content (AvgIpc) is 2.01. The molecule has 0 rings (SSSR count). The summed E-state index contributed by atoms with van der Waals surface area (Å²) in [5, 5.41) is 2.53. The molecular weight excluding hydrogens is 140 g/mol. The van der Waals surface area contributed by atoms with Gasteiger partial charge in [0, 0.05) is 12.7 Å². The van der Waals surface area contributed by atoms with Crippen LogP contribution in [-0.4, -0.2) is 19.7 Å². The van der Waals surface area contributed by atoms with Crippen molar-refractivity contribution in [3.8, 4) is 0 Å². The van der Waals surface area contributed by atoms with Gasteiger partial charge in [-0.05, 0) is 19.2 Å². The van der Waals surface area contributed by atoms with E-state index in [1.54, 1.807) is 12.3 Å². The van der Waals surface area contributed by atoms with E-state index in [9.17, 15) is 4.79 Å².